The van der Waals surface area contributed by atoms with Crippen molar-refractivity contribution in [3.8, 4) is 39.8 Å². The molecule has 0 amide bonds. The van der Waals surface area contributed by atoms with Gasteiger partial charge in [0, 0.05) is 11.1 Å². The molecule has 5 aromatic rings. The highest BCUT2D eigenvalue weighted by Gasteiger charge is 2.31. The van der Waals surface area contributed by atoms with E-state index in [4.69, 9.17) is 4.74 Å². The first-order valence-corrected chi connectivity index (χ1v) is 12.0. The molecule has 0 atom stereocenters. The highest BCUT2D eigenvalue weighted by molar-refractivity contribution is 5.91. The van der Waals surface area contributed by atoms with Crippen molar-refractivity contribution < 1.29 is 22.6 Å². The summed E-state index contributed by atoms with van der Waals surface area (Å²) in [6.45, 7) is 0. The van der Waals surface area contributed by atoms with Crippen LogP contribution in [-0.4, -0.2) is 37.7 Å². The molecule has 1 fully saturated rings. The van der Waals surface area contributed by atoms with Gasteiger partial charge < -0.3 is 14.0 Å². The van der Waals surface area contributed by atoms with Crippen LogP contribution in [0.5, 0.6) is 11.5 Å². The van der Waals surface area contributed by atoms with E-state index >= 15 is 0 Å². The summed E-state index contributed by atoms with van der Waals surface area (Å²) >= 11 is 0. The summed E-state index contributed by atoms with van der Waals surface area (Å²) in [5.41, 5.74) is 4.20. The molecule has 2 aromatic heterocycles. The number of fused-ring (bicyclic) bond motifs is 1. The molecular weight excluding hydrogens is 483 g/mol. The zero-order valence-corrected chi connectivity index (χ0v) is 19.6. The Kier molecular flexibility index (Phi) is 5.78. The van der Waals surface area contributed by atoms with Gasteiger partial charge in [-0.15, -0.1) is 23.4 Å². The minimum absolute atomic E-state index is 0.261. The van der Waals surface area contributed by atoms with Gasteiger partial charge in [0.05, 0.1) is 17.3 Å². The molecule has 1 aliphatic carbocycles. The van der Waals surface area contributed by atoms with Crippen LogP contribution in [0.1, 0.15) is 25.7 Å². The highest BCUT2D eigenvalue weighted by Crippen LogP contribution is 2.34. The SMILES string of the molecule is FC(F)(F)Oc1ccc(-c2ccc3c(c2)cc(-c2nn[nH]n2)n3-c2ccc(OC3CCCC3)cc2)cc1. The Morgan fingerprint density at radius 1 is 0.838 bits per heavy atom. The second-order valence-corrected chi connectivity index (χ2v) is 8.96. The molecule has 0 radical (unpaired) electrons. The molecule has 0 bridgehead atoms. The third kappa shape index (κ3) is 4.87. The van der Waals surface area contributed by atoms with E-state index in [-0.39, 0.29) is 11.9 Å². The number of H-pyrrole nitrogens is 1. The lowest BCUT2D eigenvalue weighted by atomic mass is 10.0. The largest absolute Gasteiger partial charge is 0.573 e. The lowest BCUT2D eigenvalue weighted by Crippen LogP contribution is -2.16. The Morgan fingerprint density at radius 3 is 2.22 bits per heavy atom. The molecule has 0 saturated heterocycles. The maximum Gasteiger partial charge on any atom is 0.573 e. The van der Waals surface area contributed by atoms with E-state index in [9.17, 15) is 13.2 Å². The van der Waals surface area contributed by atoms with Crippen molar-refractivity contribution in [2.75, 3.05) is 0 Å². The first kappa shape index (κ1) is 23.1. The van der Waals surface area contributed by atoms with Gasteiger partial charge in [-0.2, -0.15) is 5.21 Å². The fraction of sp³-hybridized carbons (Fsp3) is 0.222. The molecule has 1 saturated carbocycles. The summed E-state index contributed by atoms with van der Waals surface area (Å²) in [6, 6.07) is 21.6. The van der Waals surface area contributed by atoms with Gasteiger partial charge in [-0.1, -0.05) is 18.2 Å². The molecule has 10 heteroatoms. The van der Waals surface area contributed by atoms with E-state index in [2.05, 4.69) is 25.4 Å². The smallest absolute Gasteiger partial charge is 0.490 e. The lowest BCUT2D eigenvalue weighted by molar-refractivity contribution is -0.274. The standard InChI is InChI=1S/C27H22F3N5O2/c28-27(29,30)37-23-10-5-17(6-11-23)18-7-14-24-19(15-18)16-25(26-31-33-34-32-26)35(24)20-8-12-22(13-9-20)36-21-3-1-2-4-21/h5-16,21H,1-4H2,(H,31,32,33,34). The first-order valence-electron chi connectivity index (χ1n) is 12.0. The molecule has 0 spiro atoms. The fourth-order valence-corrected chi connectivity index (χ4v) is 4.83. The van der Waals surface area contributed by atoms with Crippen LogP contribution in [0.2, 0.25) is 0 Å². The predicted octanol–water partition coefficient (Wildman–Crippen LogP) is 6.70. The van der Waals surface area contributed by atoms with Gasteiger partial charge in [-0.3, -0.25) is 0 Å². The van der Waals surface area contributed by atoms with Crippen LogP contribution in [0.15, 0.2) is 72.8 Å². The number of aromatic amines is 1. The predicted molar refractivity (Wildman–Crippen MR) is 131 cm³/mol. The number of aromatic nitrogens is 5. The van der Waals surface area contributed by atoms with Gasteiger partial charge in [-0.25, -0.2) is 0 Å². The van der Waals surface area contributed by atoms with Crippen molar-refractivity contribution in [3.05, 3.63) is 72.8 Å². The topological polar surface area (TPSA) is 77.9 Å². The number of ether oxygens (including phenoxy) is 2. The number of hydrogen-bond donors (Lipinski definition) is 1. The van der Waals surface area contributed by atoms with Crippen LogP contribution in [0, 0.1) is 0 Å². The molecule has 7 nitrogen and oxygen atoms in total. The number of tetrazole rings is 1. The number of halogens is 3. The van der Waals surface area contributed by atoms with Crippen LogP contribution in [0.3, 0.4) is 0 Å². The average molecular weight is 506 g/mol. The summed E-state index contributed by atoms with van der Waals surface area (Å²) in [6.07, 6.45) is 0.147. The van der Waals surface area contributed by atoms with Gasteiger partial charge in [0.25, 0.3) is 0 Å². The Morgan fingerprint density at radius 2 is 1.54 bits per heavy atom. The van der Waals surface area contributed by atoms with Gasteiger partial charge in [0.15, 0.2) is 0 Å². The molecule has 1 aliphatic rings. The van der Waals surface area contributed by atoms with Crippen molar-refractivity contribution in [3.63, 3.8) is 0 Å². The average Bonchev–Trinajstić information content (AvgIpc) is 3.65. The molecule has 2 heterocycles. The summed E-state index contributed by atoms with van der Waals surface area (Å²) in [5, 5.41) is 15.5. The first-order chi connectivity index (χ1) is 17.9. The molecule has 1 N–H and O–H groups in total. The number of hydrogen-bond acceptors (Lipinski definition) is 5. The van der Waals surface area contributed by atoms with E-state index in [0.29, 0.717) is 5.82 Å². The van der Waals surface area contributed by atoms with Crippen molar-refractivity contribution in [2.24, 2.45) is 0 Å². The third-order valence-corrected chi connectivity index (χ3v) is 6.50. The Labute approximate surface area is 209 Å². The van der Waals surface area contributed by atoms with Gasteiger partial charge in [-0.05, 0) is 96.6 Å². The van der Waals surface area contributed by atoms with Crippen LogP contribution in [-0.2, 0) is 0 Å². The van der Waals surface area contributed by atoms with Gasteiger partial charge >= 0.3 is 6.36 Å². The minimum Gasteiger partial charge on any atom is -0.490 e. The Balaban J connectivity index is 1.36. The van der Waals surface area contributed by atoms with Gasteiger partial charge in [0.1, 0.15) is 11.5 Å². The third-order valence-electron chi connectivity index (χ3n) is 6.50. The van der Waals surface area contributed by atoms with Crippen molar-refractivity contribution >= 4 is 10.9 Å². The quantitative estimate of drug-likeness (QED) is 0.278. The maximum absolute atomic E-state index is 12.5. The summed E-state index contributed by atoms with van der Waals surface area (Å²) in [4.78, 5) is 0. The number of rotatable bonds is 6. The molecule has 6 rings (SSSR count). The molecule has 188 valence electrons. The van der Waals surface area contributed by atoms with Crippen LogP contribution in [0.25, 0.3) is 39.2 Å². The second-order valence-electron chi connectivity index (χ2n) is 8.96. The number of nitrogens with zero attached hydrogens (tertiary/aromatic N) is 4. The van der Waals surface area contributed by atoms with E-state index in [0.717, 1.165) is 52.0 Å². The molecule has 0 aliphatic heterocycles. The Hall–Kier alpha value is -4.34. The summed E-state index contributed by atoms with van der Waals surface area (Å²) in [7, 11) is 0. The molecular formula is C27H22F3N5O2. The van der Waals surface area contributed by atoms with Gasteiger partial charge in [0.2, 0.25) is 5.82 Å². The van der Waals surface area contributed by atoms with Crippen molar-refractivity contribution in [1.29, 1.82) is 0 Å². The van der Waals surface area contributed by atoms with Crippen LogP contribution >= 0.6 is 0 Å². The van der Waals surface area contributed by atoms with E-state index in [1.165, 1.54) is 25.0 Å². The van der Waals surface area contributed by atoms with E-state index in [1.54, 1.807) is 12.1 Å². The zero-order valence-electron chi connectivity index (χ0n) is 19.6. The minimum atomic E-state index is -4.73. The molecule has 0 unspecified atom stereocenters. The van der Waals surface area contributed by atoms with Crippen LogP contribution in [0.4, 0.5) is 13.2 Å². The zero-order chi connectivity index (χ0) is 25.4. The Bertz CT molecular complexity index is 1510. The summed E-state index contributed by atoms with van der Waals surface area (Å²) in [5.74, 6) is 1.02. The van der Waals surface area contributed by atoms with Crippen molar-refractivity contribution in [1.82, 2.24) is 25.2 Å². The number of nitrogens with one attached hydrogen (secondary N) is 1. The molecule has 37 heavy (non-hydrogen) atoms. The second kappa shape index (κ2) is 9.27. The fourth-order valence-electron chi connectivity index (χ4n) is 4.83. The molecule has 3 aromatic carbocycles. The highest BCUT2D eigenvalue weighted by atomic mass is 19.4. The number of benzene rings is 3. The van der Waals surface area contributed by atoms with E-state index in [1.807, 2.05) is 53.1 Å². The van der Waals surface area contributed by atoms with Crippen LogP contribution < -0.4 is 9.47 Å². The van der Waals surface area contributed by atoms with E-state index < -0.39 is 6.36 Å². The van der Waals surface area contributed by atoms with Crippen molar-refractivity contribution in [2.45, 2.75) is 38.1 Å². The number of alkyl halides is 3. The maximum atomic E-state index is 12.5. The summed E-state index contributed by atoms with van der Waals surface area (Å²) < 4.78 is 49.6. The normalized spacial score (nSPS) is 14.4. The monoisotopic (exact) mass is 505 g/mol. The lowest BCUT2D eigenvalue weighted by Gasteiger charge is -2.14.